The second-order valence-corrected chi connectivity index (χ2v) is 6.01. The van der Waals surface area contributed by atoms with Gasteiger partial charge in [0.2, 0.25) is 0 Å². The highest BCUT2D eigenvalue weighted by Gasteiger charge is 2.21. The lowest BCUT2D eigenvalue weighted by molar-refractivity contribution is 0.0715. The molecule has 1 N–H and O–H groups in total. The van der Waals surface area contributed by atoms with Crippen LogP contribution in [0, 0.1) is 6.92 Å². The highest BCUT2D eigenvalue weighted by molar-refractivity contribution is 5.24. The maximum absolute atomic E-state index is 5.79. The molecule has 0 saturated carbocycles. The molecule has 0 bridgehead atoms. The van der Waals surface area contributed by atoms with Crippen molar-refractivity contribution in [3.8, 4) is 0 Å². The lowest BCUT2D eigenvalue weighted by Crippen LogP contribution is -2.39. The molecule has 1 aromatic carbocycles. The molecule has 1 aromatic rings. The first-order valence-electron chi connectivity index (χ1n) is 8.36. The summed E-state index contributed by atoms with van der Waals surface area (Å²) in [6.45, 7) is 11.7. The third kappa shape index (κ3) is 5.10. The second-order valence-electron chi connectivity index (χ2n) is 6.01. The number of nitrogens with zero attached hydrogens (tertiary/aromatic N) is 1. The smallest absolute Gasteiger partial charge is 0.0702 e. The van der Waals surface area contributed by atoms with Crippen molar-refractivity contribution >= 4 is 0 Å². The van der Waals surface area contributed by atoms with E-state index in [0.717, 1.165) is 32.8 Å². The summed E-state index contributed by atoms with van der Waals surface area (Å²) in [7, 11) is 0. The Bertz CT molecular complexity index is 398. The predicted molar refractivity (Wildman–Crippen MR) is 88.7 cm³/mol. The van der Waals surface area contributed by atoms with Gasteiger partial charge in [0.15, 0.2) is 0 Å². The van der Waals surface area contributed by atoms with E-state index in [0.29, 0.717) is 12.1 Å². The number of ether oxygens (including phenoxy) is 1. The highest BCUT2D eigenvalue weighted by Crippen LogP contribution is 2.18. The van der Waals surface area contributed by atoms with Gasteiger partial charge in [-0.15, -0.1) is 0 Å². The SMILES string of the molecule is CCNC(CN(CC)CC1CCCO1)c1ccc(C)cc1. The molecule has 1 heterocycles. The van der Waals surface area contributed by atoms with E-state index in [9.17, 15) is 0 Å². The quantitative estimate of drug-likeness (QED) is 0.796. The van der Waals surface area contributed by atoms with Gasteiger partial charge < -0.3 is 10.1 Å². The highest BCUT2D eigenvalue weighted by atomic mass is 16.5. The van der Waals surface area contributed by atoms with E-state index in [1.165, 1.54) is 24.0 Å². The minimum absolute atomic E-state index is 0.400. The Morgan fingerprint density at radius 1 is 1.29 bits per heavy atom. The molecule has 1 saturated heterocycles. The van der Waals surface area contributed by atoms with Crippen molar-refractivity contribution in [2.75, 3.05) is 32.8 Å². The summed E-state index contributed by atoms with van der Waals surface area (Å²) in [4.78, 5) is 2.52. The van der Waals surface area contributed by atoms with Crippen molar-refractivity contribution in [3.63, 3.8) is 0 Å². The van der Waals surface area contributed by atoms with Crippen molar-refractivity contribution in [2.45, 2.75) is 45.8 Å². The van der Waals surface area contributed by atoms with E-state index in [-0.39, 0.29) is 0 Å². The Hall–Kier alpha value is -0.900. The van der Waals surface area contributed by atoms with Crippen LogP contribution in [0.2, 0.25) is 0 Å². The first-order valence-corrected chi connectivity index (χ1v) is 8.36. The third-order valence-electron chi connectivity index (χ3n) is 4.30. The fraction of sp³-hybridized carbons (Fsp3) is 0.667. The molecule has 0 radical (unpaired) electrons. The molecule has 2 atom stereocenters. The van der Waals surface area contributed by atoms with Gasteiger partial charge in [0.25, 0.3) is 0 Å². The van der Waals surface area contributed by atoms with Crippen LogP contribution in [0.3, 0.4) is 0 Å². The Morgan fingerprint density at radius 3 is 2.62 bits per heavy atom. The third-order valence-corrected chi connectivity index (χ3v) is 4.30. The van der Waals surface area contributed by atoms with Gasteiger partial charge in [0.1, 0.15) is 0 Å². The lowest BCUT2D eigenvalue weighted by atomic mass is 10.0. The molecular formula is C18H30N2O. The zero-order valence-corrected chi connectivity index (χ0v) is 13.8. The molecule has 0 aliphatic carbocycles. The van der Waals surface area contributed by atoms with Gasteiger partial charge >= 0.3 is 0 Å². The zero-order chi connectivity index (χ0) is 15.1. The van der Waals surface area contributed by atoms with Gasteiger partial charge in [-0.25, -0.2) is 0 Å². The fourth-order valence-electron chi connectivity index (χ4n) is 3.00. The molecule has 1 aliphatic rings. The van der Waals surface area contributed by atoms with E-state index < -0.39 is 0 Å². The van der Waals surface area contributed by atoms with Crippen molar-refractivity contribution in [1.82, 2.24) is 10.2 Å². The Labute approximate surface area is 129 Å². The van der Waals surface area contributed by atoms with Gasteiger partial charge in [-0.2, -0.15) is 0 Å². The van der Waals surface area contributed by atoms with Crippen LogP contribution in [0.4, 0.5) is 0 Å². The predicted octanol–water partition coefficient (Wildman–Crippen LogP) is 3.15. The van der Waals surface area contributed by atoms with Crippen LogP contribution in [-0.4, -0.2) is 43.8 Å². The molecule has 2 rings (SSSR count). The van der Waals surface area contributed by atoms with Crippen LogP contribution in [0.1, 0.15) is 43.9 Å². The van der Waals surface area contributed by atoms with E-state index >= 15 is 0 Å². The maximum atomic E-state index is 5.79. The van der Waals surface area contributed by atoms with Gasteiger partial charge in [0.05, 0.1) is 6.10 Å². The molecule has 0 spiro atoms. The van der Waals surface area contributed by atoms with E-state index in [1.54, 1.807) is 0 Å². The molecule has 0 aromatic heterocycles. The van der Waals surface area contributed by atoms with Gasteiger partial charge in [-0.1, -0.05) is 43.7 Å². The number of hydrogen-bond acceptors (Lipinski definition) is 3. The Morgan fingerprint density at radius 2 is 2.05 bits per heavy atom. The van der Waals surface area contributed by atoms with E-state index in [4.69, 9.17) is 4.74 Å². The topological polar surface area (TPSA) is 24.5 Å². The summed E-state index contributed by atoms with van der Waals surface area (Å²) in [6.07, 6.45) is 2.87. The lowest BCUT2D eigenvalue weighted by Gasteiger charge is -2.29. The number of benzene rings is 1. The summed E-state index contributed by atoms with van der Waals surface area (Å²) >= 11 is 0. The molecule has 1 aliphatic heterocycles. The average molecular weight is 290 g/mol. The van der Waals surface area contributed by atoms with E-state index in [1.807, 2.05) is 0 Å². The van der Waals surface area contributed by atoms with Crippen molar-refractivity contribution in [1.29, 1.82) is 0 Å². The average Bonchev–Trinajstić information content (AvgIpc) is 2.99. The summed E-state index contributed by atoms with van der Waals surface area (Å²) in [5, 5.41) is 3.63. The van der Waals surface area contributed by atoms with Crippen LogP contribution in [0.25, 0.3) is 0 Å². The van der Waals surface area contributed by atoms with Crippen molar-refractivity contribution in [2.24, 2.45) is 0 Å². The summed E-state index contributed by atoms with van der Waals surface area (Å²) in [6, 6.07) is 9.31. The van der Waals surface area contributed by atoms with Gasteiger partial charge in [-0.3, -0.25) is 4.90 Å². The monoisotopic (exact) mass is 290 g/mol. The number of likely N-dealkylation sites (N-methyl/N-ethyl adjacent to an activating group) is 2. The Balaban J connectivity index is 1.97. The van der Waals surface area contributed by atoms with Gasteiger partial charge in [0, 0.05) is 25.7 Å². The van der Waals surface area contributed by atoms with E-state index in [2.05, 4.69) is 55.3 Å². The zero-order valence-electron chi connectivity index (χ0n) is 13.8. The normalized spacial score (nSPS) is 20.1. The number of hydrogen-bond donors (Lipinski definition) is 1. The molecule has 1 fully saturated rings. The molecule has 118 valence electrons. The minimum Gasteiger partial charge on any atom is -0.377 e. The maximum Gasteiger partial charge on any atom is 0.0702 e. The number of nitrogens with one attached hydrogen (secondary N) is 1. The largest absolute Gasteiger partial charge is 0.377 e. The van der Waals surface area contributed by atoms with Crippen LogP contribution >= 0.6 is 0 Å². The van der Waals surface area contributed by atoms with Crippen molar-refractivity contribution in [3.05, 3.63) is 35.4 Å². The first kappa shape index (κ1) is 16.5. The van der Waals surface area contributed by atoms with Crippen LogP contribution in [0.5, 0.6) is 0 Å². The summed E-state index contributed by atoms with van der Waals surface area (Å²) < 4.78 is 5.79. The fourth-order valence-corrected chi connectivity index (χ4v) is 3.00. The van der Waals surface area contributed by atoms with Crippen LogP contribution < -0.4 is 5.32 Å². The molecule has 3 heteroatoms. The number of rotatable bonds is 8. The van der Waals surface area contributed by atoms with Gasteiger partial charge in [-0.05, 0) is 38.4 Å². The summed E-state index contributed by atoms with van der Waals surface area (Å²) in [5.74, 6) is 0. The number of aryl methyl sites for hydroxylation is 1. The first-order chi connectivity index (χ1) is 10.2. The van der Waals surface area contributed by atoms with Crippen molar-refractivity contribution < 1.29 is 4.74 Å². The molecular weight excluding hydrogens is 260 g/mol. The van der Waals surface area contributed by atoms with Crippen LogP contribution in [0.15, 0.2) is 24.3 Å². The second kappa shape index (κ2) is 8.52. The minimum atomic E-state index is 0.400. The van der Waals surface area contributed by atoms with Crippen LogP contribution in [-0.2, 0) is 4.74 Å². The summed E-state index contributed by atoms with van der Waals surface area (Å²) in [5.41, 5.74) is 2.70. The molecule has 2 unspecified atom stereocenters. The molecule has 3 nitrogen and oxygen atoms in total. The molecule has 21 heavy (non-hydrogen) atoms. The standard InChI is InChI=1S/C18H30N2O/c1-4-19-18(16-10-8-15(3)9-11-16)14-20(5-2)13-17-7-6-12-21-17/h8-11,17-19H,4-7,12-14H2,1-3H3. The Kier molecular flexibility index (Phi) is 6.68. The molecule has 0 amide bonds.